The molecule has 1 aliphatic heterocycles. The topological polar surface area (TPSA) is 23.5 Å². The Morgan fingerprint density at radius 1 is 1.21 bits per heavy atom. The summed E-state index contributed by atoms with van der Waals surface area (Å²) < 4.78 is 0. The van der Waals surface area contributed by atoms with Crippen LogP contribution < -0.4 is 0 Å². The van der Waals surface area contributed by atoms with E-state index in [1.165, 1.54) is 24.8 Å². The van der Waals surface area contributed by atoms with Crippen molar-refractivity contribution in [2.45, 2.75) is 64.6 Å². The maximum Gasteiger partial charge on any atom is 0.0917 e. The van der Waals surface area contributed by atoms with Gasteiger partial charge in [0.2, 0.25) is 0 Å². The average Bonchev–Trinajstić information content (AvgIpc) is 2.79. The zero-order valence-corrected chi connectivity index (χ0v) is 12.5. The smallest absolute Gasteiger partial charge is 0.0917 e. The van der Waals surface area contributed by atoms with E-state index in [2.05, 4.69) is 49.9 Å². The SMILES string of the molecule is CCc1ccc(C(O)CN2C(C)CCC2CC)cc1. The summed E-state index contributed by atoms with van der Waals surface area (Å²) in [5.41, 5.74) is 2.38. The molecule has 1 aromatic carbocycles. The van der Waals surface area contributed by atoms with Crippen LogP contribution in [0.1, 0.15) is 57.3 Å². The van der Waals surface area contributed by atoms with Crippen LogP contribution in [0.3, 0.4) is 0 Å². The molecule has 0 bridgehead atoms. The Morgan fingerprint density at radius 3 is 2.47 bits per heavy atom. The van der Waals surface area contributed by atoms with E-state index in [1.807, 2.05) is 0 Å². The van der Waals surface area contributed by atoms with E-state index >= 15 is 0 Å². The lowest BCUT2D eigenvalue weighted by Gasteiger charge is -2.30. The molecule has 2 rings (SSSR count). The first-order chi connectivity index (χ1) is 9.15. The molecule has 1 heterocycles. The van der Waals surface area contributed by atoms with Crippen LogP contribution in [0.2, 0.25) is 0 Å². The Balaban J connectivity index is 2.01. The van der Waals surface area contributed by atoms with Gasteiger partial charge in [-0.05, 0) is 43.7 Å². The second kappa shape index (κ2) is 6.53. The van der Waals surface area contributed by atoms with Gasteiger partial charge in [0.1, 0.15) is 0 Å². The summed E-state index contributed by atoms with van der Waals surface area (Å²) in [6.07, 6.45) is 4.42. The fourth-order valence-electron chi connectivity index (χ4n) is 3.17. The van der Waals surface area contributed by atoms with Crippen LogP contribution in [0.15, 0.2) is 24.3 Å². The lowest BCUT2D eigenvalue weighted by Crippen LogP contribution is -2.37. The van der Waals surface area contributed by atoms with Crippen molar-refractivity contribution in [2.24, 2.45) is 0 Å². The second-order valence-electron chi connectivity index (χ2n) is 5.80. The van der Waals surface area contributed by atoms with Gasteiger partial charge in [0.05, 0.1) is 6.10 Å². The highest BCUT2D eigenvalue weighted by Crippen LogP contribution is 2.28. The molecule has 2 heteroatoms. The highest BCUT2D eigenvalue weighted by molar-refractivity contribution is 5.24. The quantitative estimate of drug-likeness (QED) is 0.876. The molecule has 1 saturated heterocycles. The predicted molar refractivity (Wildman–Crippen MR) is 80.3 cm³/mol. The molecule has 2 nitrogen and oxygen atoms in total. The van der Waals surface area contributed by atoms with Crippen LogP contribution in [0.5, 0.6) is 0 Å². The molecule has 0 aromatic heterocycles. The molecule has 0 spiro atoms. The van der Waals surface area contributed by atoms with Crippen molar-refractivity contribution >= 4 is 0 Å². The third-order valence-electron chi connectivity index (χ3n) is 4.58. The second-order valence-corrected chi connectivity index (χ2v) is 5.80. The molecule has 3 unspecified atom stereocenters. The summed E-state index contributed by atoms with van der Waals surface area (Å²) in [6.45, 7) is 7.45. The van der Waals surface area contributed by atoms with Gasteiger partial charge >= 0.3 is 0 Å². The number of β-amino-alcohol motifs (C(OH)–C–C–N with tert-alkyl or cyclic N) is 1. The summed E-state index contributed by atoms with van der Waals surface area (Å²) in [4.78, 5) is 2.48. The normalized spacial score (nSPS) is 25.7. The standard InChI is InChI=1S/C17H27NO/c1-4-14-7-9-15(10-8-14)17(19)12-18-13(3)6-11-16(18)5-2/h7-10,13,16-17,19H,4-6,11-12H2,1-3H3. The molecular weight excluding hydrogens is 234 g/mol. The summed E-state index contributed by atoms with van der Waals surface area (Å²) >= 11 is 0. The van der Waals surface area contributed by atoms with E-state index in [-0.39, 0.29) is 6.10 Å². The van der Waals surface area contributed by atoms with Crippen LogP contribution in [0.25, 0.3) is 0 Å². The van der Waals surface area contributed by atoms with Gasteiger partial charge in [0.25, 0.3) is 0 Å². The highest BCUT2D eigenvalue weighted by atomic mass is 16.3. The van der Waals surface area contributed by atoms with Gasteiger partial charge in [0, 0.05) is 18.6 Å². The van der Waals surface area contributed by atoms with Crippen molar-refractivity contribution in [3.8, 4) is 0 Å². The Kier molecular flexibility index (Phi) is 5.00. The molecule has 0 radical (unpaired) electrons. The summed E-state index contributed by atoms with van der Waals surface area (Å²) in [7, 11) is 0. The molecular formula is C17H27NO. The number of likely N-dealkylation sites (tertiary alicyclic amines) is 1. The van der Waals surface area contributed by atoms with E-state index in [0.29, 0.717) is 12.1 Å². The third kappa shape index (κ3) is 3.37. The maximum absolute atomic E-state index is 10.4. The molecule has 3 atom stereocenters. The van der Waals surface area contributed by atoms with Gasteiger partial charge in [-0.25, -0.2) is 0 Å². The predicted octanol–water partition coefficient (Wildman–Crippen LogP) is 3.55. The highest BCUT2D eigenvalue weighted by Gasteiger charge is 2.30. The monoisotopic (exact) mass is 261 g/mol. The van der Waals surface area contributed by atoms with Gasteiger partial charge in [-0.1, -0.05) is 38.1 Å². The molecule has 0 saturated carbocycles. The molecule has 1 fully saturated rings. The van der Waals surface area contributed by atoms with E-state index < -0.39 is 0 Å². The van der Waals surface area contributed by atoms with Crippen LogP contribution in [0.4, 0.5) is 0 Å². The van der Waals surface area contributed by atoms with Crippen molar-refractivity contribution in [3.63, 3.8) is 0 Å². The number of nitrogens with zero attached hydrogens (tertiary/aromatic N) is 1. The lowest BCUT2D eigenvalue weighted by molar-refractivity contribution is 0.0860. The van der Waals surface area contributed by atoms with E-state index in [4.69, 9.17) is 0 Å². The summed E-state index contributed by atoms with van der Waals surface area (Å²) in [5, 5.41) is 10.4. The van der Waals surface area contributed by atoms with Crippen LogP contribution in [-0.4, -0.2) is 28.6 Å². The number of rotatable bonds is 5. The fraction of sp³-hybridized carbons (Fsp3) is 0.647. The number of aliphatic hydroxyl groups excluding tert-OH is 1. The number of hydrogen-bond acceptors (Lipinski definition) is 2. The average molecular weight is 261 g/mol. The molecule has 0 amide bonds. The first-order valence-electron chi connectivity index (χ1n) is 7.68. The summed E-state index contributed by atoms with van der Waals surface area (Å²) in [5.74, 6) is 0. The van der Waals surface area contributed by atoms with Crippen molar-refractivity contribution in [1.29, 1.82) is 0 Å². The fourth-order valence-corrected chi connectivity index (χ4v) is 3.17. The number of aliphatic hydroxyl groups is 1. The Bertz CT molecular complexity index is 387. The maximum atomic E-state index is 10.4. The Labute approximate surface area is 117 Å². The minimum absolute atomic E-state index is 0.361. The zero-order valence-electron chi connectivity index (χ0n) is 12.5. The number of hydrogen-bond donors (Lipinski definition) is 1. The van der Waals surface area contributed by atoms with Crippen molar-refractivity contribution in [3.05, 3.63) is 35.4 Å². The number of benzene rings is 1. The van der Waals surface area contributed by atoms with Crippen molar-refractivity contribution in [1.82, 2.24) is 4.90 Å². The minimum Gasteiger partial charge on any atom is -0.387 e. The van der Waals surface area contributed by atoms with E-state index in [9.17, 15) is 5.11 Å². The third-order valence-corrected chi connectivity index (χ3v) is 4.58. The molecule has 1 N–H and O–H groups in total. The van der Waals surface area contributed by atoms with Gasteiger partial charge in [-0.2, -0.15) is 0 Å². The molecule has 19 heavy (non-hydrogen) atoms. The van der Waals surface area contributed by atoms with Crippen LogP contribution >= 0.6 is 0 Å². The largest absolute Gasteiger partial charge is 0.387 e. The van der Waals surface area contributed by atoms with E-state index in [0.717, 1.165) is 18.5 Å². The Hall–Kier alpha value is -0.860. The molecule has 106 valence electrons. The first-order valence-corrected chi connectivity index (χ1v) is 7.68. The Morgan fingerprint density at radius 2 is 1.89 bits per heavy atom. The van der Waals surface area contributed by atoms with Crippen molar-refractivity contribution in [2.75, 3.05) is 6.54 Å². The number of aryl methyl sites for hydroxylation is 1. The zero-order chi connectivity index (χ0) is 13.8. The van der Waals surface area contributed by atoms with Gasteiger partial charge in [-0.15, -0.1) is 0 Å². The molecule has 0 aliphatic carbocycles. The van der Waals surface area contributed by atoms with Crippen LogP contribution in [-0.2, 0) is 6.42 Å². The molecule has 1 aliphatic rings. The summed E-state index contributed by atoms with van der Waals surface area (Å²) in [6, 6.07) is 9.66. The van der Waals surface area contributed by atoms with Gasteiger partial charge in [-0.3, -0.25) is 4.90 Å². The van der Waals surface area contributed by atoms with Crippen molar-refractivity contribution < 1.29 is 5.11 Å². The minimum atomic E-state index is -0.361. The first kappa shape index (κ1) is 14.5. The lowest BCUT2D eigenvalue weighted by atomic mass is 10.0. The molecule has 1 aromatic rings. The van der Waals surface area contributed by atoms with Crippen LogP contribution in [0, 0.1) is 0 Å². The van der Waals surface area contributed by atoms with Gasteiger partial charge < -0.3 is 5.11 Å². The van der Waals surface area contributed by atoms with E-state index in [1.54, 1.807) is 0 Å². The van der Waals surface area contributed by atoms with Gasteiger partial charge in [0.15, 0.2) is 0 Å².